The number of oxime groups is 1. The fourth-order valence-electron chi connectivity index (χ4n) is 2.67. The van der Waals surface area contributed by atoms with Crippen molar-refractivity contribution in [2.45, 2.75) is 19.8 Å². The number of hydrogen-bond acceptors (Lipinski definition) is 8. The number of amides is 1. The van der Waals surface area contributed by atoms with Crippen LogP contribution >= 0.6 is 15.9 Å². The number of carbonyl (C=O) groups is 1. The van der Waals surface area contributed by atoms with Crippen LogP contribution < -0.4 is 16.1 Å². The summed E-state index contributed by atoms with van der Waals surface area (Å²) in [6.45, 7) is 3.05. The van der Waals surface area contributed by atoms with Gasteiger partial charge in [0.05, 0.1) is 10.2 Å². The van der Waals surface area contributed by atoms with Crippen molar-refractivity contribution in [2.75, 3.05) is 23.5 Å². The largest absolute Gasteiger partial charge is 0.369 e. The number of nitrogens with one attached hydrogen (secondary N) is 1. The molecule has 144 valence electrons. The quantitative estimate of drug-likeness (QED) is 0.522. The van der Waals surface area contributed by atoms with Gasteiger partial charge in [-0.3, -0.25) is 9.73 Å². The smallest absolute Gasteiger partial charge is 0.223 e. The molecule has 1 saturated heterocycles. The minimum absolute atomic E-state index is 0.297. The van der Waals surface area contributed by atoms with Crippen LogP contribution in [0.1, 0.15) is 25.5 Å². The van der Waals surface area contributed by atoms with Gasteiger partial charge in [-0.15, -0.1) is 0 Å². The number of primary amides is 1. The lowest BCUT2D eigenvalue weighted by molar-refractivity contribution is -0.127. The van der Waals surface area contributed by atoms with Crippen molar-refractivity contribution >= 4 is 39.6 Å². The molecule has 0 atom stereocenters. The third-order valence-electron chi connectivity index (χ3n) is 4.57. The molecule has 1 aromatic carbocycles. The lowest BCUT2D eigenvalue weighted by Gasteiger charge is -2.37. The number of halogens is 2. The highest BCUT2D eigenvalue weighted by atomic mass is 79.9. The summed E-state index contributed by atoms with van der Waals surface area (Å²) in [6.07, 6.45) is 2.58. The van der Waals surface area contributed by atoms with Gasteiger partial charge in [0.15, 0.2) is 5.69 Å². The van der Waals surface area contributed by atoms with Gasteiger partial charge in [-0.05, 0) is 57.3 Å². The molecule has 0 saturated carbocycles. The highest BCUT2D eigenvalue weighted by Crippen LogP contribution is 2.32. The molecule has 1 amide bonds. The third kappa shape index (κ3) is 4.35. The van der Waals surface area contributed by atoms with E-state index < -0.39 is 5.41 Å². The molecule has 1 aromatic heterocycles. The topological polar surface area (TPSA) is 119 Å². The van der Waals surface area contributed by atoms with Gasteiger partial charge in [-0.25, -0.2) is 9.02 Å². The molecule has 1 aliphatic heterocycles. The maximum atomic E-state index is 13.2. The summed E-state index contributed by atoms with van der Waals surface area (Å²) >= 11 is 3.08. The minimum Gasteiger partial charge on any atom is -0.369 e. The van der Waals surface area contributed by atoms with Crippen molar-refractivity contribution in [1.82, 2.24) is 10.3 Å². The second kappa shape index (κ2) is 7.91. The molecule has 2 heterocycles. The summed E-state index contributed by atoms with van der Waals surface area (Å²) in [4.78, 5) is 18.5. The Hall–Kier alpha value is -2.69. The van der Waals surface area contributed by atoms with Crippen LogP contribution in [0, 0.1) is 11.2 Å². The summed E-state index contributed by atoms with van der Waals surface area (Å²) in [5.41, 5.74) is 8.42. The van der Waals surface area contributed by atoms with Crippen LogP contribution in [-0.4, -0.2) is 35.5 Å². The first-order valence-electron chi connectivity index (χ1n) is 8.17. The van der Waals surface area contributed by atoms with Gasteiger partial charge < -0.3 is 10.6 Å². The Morgan fingerprint density at radius 2 is 2.22 bits per heavy atom. The summed E-state index contributed by atoms with van der Waals surface area (Å²) in [5.74, 6) is -0.163. The van der Waals surface area contributed by atoms with Gasteiger partial charge >= 0.3 is 0 Å². The number of rotatable bonds is 6. The SMILES string of the molecule is CC1(C(N)=O)CCN(c2nonc2/C=N/ONc2ccc(F)c(Br)c2)CC1. The van der Waals surface area contributed by atoms with Crippen LogP contribution in [0.15, 0.2) is 32.5 Å². The summed E-state index contributed by atoms with van der Waals surface area (Å²) in [5, 5.41) is 11.5. The number of nitrogens with two attached hydrogens (primary N) is 1. The second-order valence-corrected chi connectivity index (χ2v) is 7.30. The molecule has 0 spiro atoms. The molecule has 1 fully saturated rings. The zero-order chi connectivity index (χ0) is 19.4. The zero-order valence-corrected chi connectivity index (χ0v) is 16.1. The van der Waals surface area contributed by atoms with E-state index in [0.29, 0.717) is 47.6 Å². The van der Waals surface area contributed by atoms with E-state index in [1.807, 2.05) is 11.8 Å². The summed E-state index contributed by atoms with van der Waals surface area (Å²) in [7, 11) is 0. The Morgan fingerprint density at radius 1 is 1.48 bits per heavy atom. The fourth-order valence-corrected chi connectivity index (χ4v) is 3.04. The van der Waals surface area contributed by atoms with E-state index in [0.717, 1.165) is 0 Å². The number of benzene rings is 1. The highest BCUT2D eigenvalue weighted by molar-refractivity contribution is 9.10. The van der Waals surface area contributed by atoms with Gasteiger partial charge in [0, 0.05) is 18.5 Å². The molecule has 0 unspecified atom stereocenters. The van der Waals surface area contributed by atoms with Crippen LogP contribution in [0.25, 0.3) is 0 Å². The van der Waals surface area contributed by atoms with Crippen molar-refractivity contribution in [3.8, 4) is 0 Å². The van der Waals surface area contributed by atoms with Crippen molar-refractivity contribution in [2.24, 2.45) is 16.3 Å². The predicted octanol–water partition coefficient (Wildman–Crippen LogP) is 2.44. The molecule has 11 heteroatoms. The van der Waals surface area contributed by atoms with Gasteiger partial charge in [-0.2, -0.15) is 5.48 Å². The molecular formula is C16H18BrFN6O3. The van der Waals surface area contributed by atoms with E-state index in [1.54, 1.807) is 0 Å². The molecule has 0 aliphatic carbocycles. The zero-order valence-electron chi connectivity index (χ0n) is 14.5. The molecule has 3 N–H and O–H groups in total. The lowest BCUT2D eigenvalue weighted by Crippen LogP contribution is -2.45. The van der Waals surface area contributed by atoms with Crippen LogP contribution in [0.2, 0.25) is 0 Å². The molecular weight excluding hydrogens is 423 g/mol. The van der Waals surface area contributed by atoms with Crippen LogP contribution in [0.5, 0.6) is 0 Å². The van der Waals surface area contributed by atoms with Crippen LogP contribution in [0.4, 0.5) is 15.9 Å². The average Bonchev–Trinajstić information content (AvgIpc) is 3.10. The molecule has 2 aromatic rings. The van der Waals surface area contributed by atoms with Crippen LogP contribution in [-0.2, 0) is 9.73 Å². The Morgan fingerprint density at radius 3 is 2.89 bits per heavy atom. The molecule has 9 nitrogen and oxygen atoms in total. The van der Waals surface area contributed by atoms with E-state index >= 15 is 0 Å². The van der Waals surface area contributed by atoms with Crippen molar-refractivity contribution in [3.63, 3.8) is 0 Å². The Balaban J connectivity index is 1.58. The van der Waals surface area contributed by atoms with E-state index in [4.69, 9.17) is 15.3 Å². The van der Waals surface area contributed by atoms with Crippen LogP contribution in [0.3, 0.4) is 0 Å². The number of carbonyl (C=O) groups excluding carboxylic acids is 1. The Bertz CT molecular complexity index is 850. The monoisotopic (exact) mass is 440 g/mol. The first-order chi connectivity index (χ1) is 12.9. The molecule has 3 rings (SSSR count). The maximum Gasteiger partial charge on any atom is 0.223 e. The molecule has 27 heavy (non-hydrogen) atoms. The second-order valence-electron chi connectivity index (χ2n) is 6.44. The van der Waals surface area contributed by atoms with Crippen molar-refractivity contribution < 1.29 is 18.8 Å². The average molecular weight is 441 g/mol. The van der Waals surface area contributed by atoms with Gasteiger partial charge in [0.2, 0.25) is 11.7 Å². The first-order valence-corrected chi connectivity index (χ1v) is 8.96. The fraction of sp³-hybridized carbons (Fsp3) is 0.375. The number of piperidine rings is 1. The van der Waals surface area contributed by atoms with Gasteiger partial charge in [-0.1, -0.05) is 12.1 Å². The minimum atomic E-state index is -0.515. The normalized spacial score (nSPS) is 16.5. The van der Waals surface area contributed by atoms with E-state index in [9.17, 15) is 9.18 Å². The summed E-state index contributed by atoms with van der Waals surface area (Å²) < 4.78 is 18.3. The Labute approximate surface area is 162 Å². The number of anilines is 2. The van der Waals surface area contributed by atoms with Gasteiger partial charge in [0.1, 0.15) is 12.0 Å². The third-order valence-corrected chi connectivity index (χ3v) is 5.18. The van der Waals surface area contributed by atoms with E-state index in [1.165, 1.54) is 24.4 Å². The number of nitrogens with zero attached hydrogens (tertiary/aromatic N) is 4. The molecule has 0 radical (unpaired) electrons. The van der Waals surface area contributed by atoms with E-state index in [-0.39, 0.29) is 11.7 Å². The standard InChI is InChI=1S/C16H18BrFN6O3/c1-16(15(19)25)4-6-24(7-5-16)14-13(22-27-23-14)9-20-26-21-10-2-3-12(18)11(17)8-10/h2-3,8-9,21H,4-7H2,1H3,(H2,19,25)/b20-9+. The highest BCUT2D eigenvalue weighted by Gasteiger charge is 2.36. The molecule has 1 aliphatic rings. The maximum absolute atomic E-state index is 13.2. The van der Waals surface area contributed by atoms with E-state index in [2.05, 4.69) is 36.9 Å². The van der Waals surface area contributed by atoms with Gasteiger partial charge in [0.25, 0.3) is 0 Å². The van der Waals surface area contributed by atoms with Crippen molar-refractivity contribution in [3.05, 3.63) is 34.2 Å². The molecule has 0 bridgehead atoms. The Kier molecular flexibility index (Phi) is 5.59. The van der Waals surface area contributed by atoms with Crippen molar-refractivity contribution in [1.29, 1.82) is 0 Å². The summed E-state index contributed by atoms with van der Waals surface area (Å²) in [6, 6.07) is 4.30. The number of aromatic nitrogens is 2. The first kappa shape index (κ1) is 19.1. The predicted molar refractivity (Wildman–Crippen MR) is 99.4 cm³/mol. The number of hydrogen-bond donors (Lipinski definition) is 2. The lowest BCUT2D eigenvalue weighted by atomic mass is 9.80.